The van der Waals surface area contributed by atoms with E-state index < -0.39 is 6.89 Å². The Morgan fingerprint density at radius 3 is 1.56 bits per heavy atom. The quantitative estimate of drug-likeness (QED) is 0.537. The van der Waals surface area contributed by atoms with Gasteiger partial charge in [0.15, 0.2) is 0 Å². The van der Waals surface area contributed by atoms with Crippen LogP contribution in [0.15, 0.2) is 0 Å². The van der Waals surface area contributed by atoms with Gasteiger partial charge < -0.3 is 0 Å². The van der Waals surface area contributed by atoms with Crippen molar-refractivity contribution in [1.82, 2.24) is 0 Å². The molecule has 56 valence electrons. The van der Waals surface area contributed by atoms with Gasteiger partial charge in [0.1, 0.15) is 0 Å². The largest absolute Gasteiger partial charge is 0.110 e. The van der Waals surface area contributed by atoms with Crippen molar-refractivity contribution in [2.24, 2.45) is 0 Å². The lowest BCUT2D eigenvalue weighted by Crippen LogP contribution is -2.02. The smallest absolute Gasteiger partial charge is 0.0273 e. The summed E-state index contributed by atoms with van der Waals surface area (Å²) in [6.45, 7) is 8.38. The fourth-order valence-corrected chi connectivity index (χ4v) is 2.86. The molecule has 0 bridgehead atoms. The standard InChI is InChI=1S/C8H19P/c1-6-9(5,7-2)8(3)4/h8H,5-7H2,1-4H3. The summed E-state index contributed by atoms with van der Waals surface area (Å²) in [6.07, 6.45) is 6.93. The Hall–Kier alpha value is 0.300. The molecular formula is C8H19P. The van der Waals surface area contributed by atoms with Gasteiger partial charge in [-0.25, -0.2) is 0 Å². The van der Waals surface area contributed by atoms with Gasteiger partial charge in [0, 0.05) is 0 Å². The van der Waals surface area contributed by atoms with E-state index in [1.165, 1.54) is 12.3 Å². The second-order valence-corrected chi connectivity index (χ2v) is 7.68. The van der Waals surface area contributed by atoms with Crippen molar-refractivity contribution < 1.29 is 0 Å². The van der Waals surface area contributed by atoms with Gasteiger partial charge in [-0.05, 0) is 18.0 Å². The molecule has 0 aliphatic rings. The van der Waals surface area contributed by atoms with Crippen molar-refractivity contribution in [2.45, 2.75) is 33.4 Å². The molecule has 0 radical (unpaired) electrons. The van der Waals surface area contributed by atoms with E-state index in [0.29, 0.717) is 0 Å². The third-order valence-corrected chi connectivity index (χ3v) is 7.07. The highest BCUT2D eigenvalue weighted by Crippen LogP contribution is 2.48. The maximum atomic E-state index is 4.32. The maximum Gasteiger partial charge on any atom is -0.0273 e. The molecule has 0 unspecified atom stereocenters. The van der Waals surface area contributed by atoms with Crippen molar-refractivity contribution in [1.29, 1.82) is 0 Å². The summed E-state index contributed by atoms with van der Waals surface area (Å²) in [5.41, 5.74) is 0.826. The zero-order valence-electron chi connectivity index (χ0n) is 7.15. The van der Waals surface area contributed by atoms with Crippen LogP contribution in [0.2, 0.25) is 0 Å². The van der Waals surface area contributed by atoms with Crippen LogP contribution in [0.4, 0.5) is 0 Å². The lowest BCUT2D eigenvalue weighted by molar-refractivity contribution is 1.07. The van der Waals surface area contributed by atoms with Gasteiger partial charge >= 0.3 is 0 Å². The molecule has 0 spiro atoms. The summed E-state index contributed by atoms with van der Waals surface area (Å²) in [5, 5.41) is 0. The normalized spacial score (nSPS) is 12.6. The summed E-state index contributed by atoms with van der Waals surface area (Å²) in [6, 6.07) is 0. The molecule has 1 heteroatoms. The first kappa shape index (κ1) is 9.30. The van der Waals surface area contributed by atoms with Gasteiger partial charge in [0.25, 0.3) is 0 Å². The minimum atomic E-state index is -0.753. The Labute approximate surface area is 59.6 Å². The first-order chi connectivity index (χ1) is 4.06. The fraction of sp³-hybridized carbons (Fsp3) is 0.875. The van der Waals surface area contributed by atoms with Crippen LogP contribution in [0.3, 0.4) is 0 Å². The molecule has 0 aliphatic heterocycles. The fourth-order valence-electron chi connectivity index (χ4n) is 0.954. The zero-order chi connectivity index (χ0) is 7.49. The Balaban J connectivity index is 4.11. The maximum absolute atomic E-state index is 4.32. The van der Waals surface area contributed by atoms with Crippen LogP contribution in [0, 0.1) is 0 Å². The molecule has 0 heterocycles. The Bertz CT molecular complexity index is 106. The predicted octanol–water partition coefficient (Wildman–Crippen LogP) is 2.88. The van der Waals surface area contributed by atoms with Crippen LogP contribution in [-0.2, 0) is 0 Å². The molecule has 0 aromatic carbocycles. The van der Waals surface area contributed by atoms with Crippen molar-refractivity contribution in [3.8, 4) is 0 Å². The van der Waals surface area contributed by atoms with Crippen LogP contribution in [0.5, 0.6) is 0 Å². The van der Waals surface area contributed by atoms with Gasteiger partial charge in [-0.1, -0.05) is 27.7 Å². The van der Waals surface area contributed by atoms with Gasteiger partial charge in [0.05, 0.1) is 0 Å². The van der Waals surface area contributed by atoms with Crippen molar-refractivity contribution >= 4 is 13.2 Å². The second-order valence-electron chi connectivity index (χ2n) is 2.94. The monoisotopic (exact) mass is 146 g/mol. The molecule has 0 aromatic rings. The Morgan fingerprint density at radius 2 is 1.56 bits per heavy atom. The molecule has 0 rings (SSSR count). The lowest BCUT2D eigenvalue weighted by atomic mass is 10.6. The molecule has 0 amide bonds. The summed E-state index contributed by atoms with van der Waals surface area (Å²) >= 11 is 0. The number of hydrogen-bond donors (Lipinski definition) is 0. The Kier molecular flexibility index (Phi) is 3.58. The molecule has 0 atom stereocenters. The molecular weight excluding hydrogens is 127 g/mol. The summed E-state index contributed by atoms with van der Waals surface area (Å²) in [4.78, 5) is 0. The average molecular weight is 146 g/mol. The van der Waals surface area contributed by atoms with Gasteiger partial charge in [-0.2, -0.15) is 0 Å². The van der Waals surface area contributed by atoms with E-state index in [9.17, 15) is 0 Å². The Morgan fingerprint density at radius 1 is 1.22 bits per heavy atom. The van der Waals surface area contributed by atoms with Gasteiger partial charge in [-0.3, -0.25) is 0 Å². The second kappa shape index (κ2) is 3.46. The lowest BCUT2D eigenvalue weighted by Gasteiger charge is -2.25. The molecule has 0 aliphatic carbocycles. The third kappa shape index (κ3) is 2.18. The van der Waals surface area contributed by atoms with Crippen molar-refractivity contribution in [3.63, 3.8) is 0 Å². The molecule has 0 aromatic heterocycles. The predicted molar refractivity (Wildman–Crippen MR) is 50.3 cm³/mol. The minimum absolute atomic E-state index is 0.753. The molecule has 0 nitrogen and oxygen atoms in total. The number of hydrogen-bond acceptors (Lipinski definition) is 0. The molecule has 0 saturated carbocycles. The number of rotatable bonds is 3. The third-order valence-electron chi connectivity index (χ3n) is 2.36. The molecule has 0 saturated heterocycles. The van der Waals surface area contributed by atoms with Crippen molar-refractivity contribution in [3.05, 3.63) is 0 Å². The SMILES string of the molecule is C=P(CC)(CC)C(C)C. The minimum Gasteiger partial charge on any atom is -0.110 e. The summed E-state index contributed by atoms with van der Waals surface area (Å²) in [5.74, 6) is 0. The summed E-state index contributed by atoms with van der Waals surface area (Å²) < 4.78 is 0. The molecule has 0 N–H and O–H groups in total. The van der Waals surface area contributed by atoms with Crippen molar-refractivity contribution in [2.75, 3.05) is 12.3 Å². The van der Waals surface area contributed by atoms with E-state index in [2.05, 4.69) is 34.0 Å². The topological polar surface area (TPSA) is 0 Å². The van der Waals surface area contributed by atoms with E-state index in [4.69, 9.17) is 0 Å². The van der Waals surface area contributed by atoms with E-state index in [1.807, 2.05) is 0 Å². The van der Waals surface area contributed by atoms with E-state index in [-0.39, 0.29) is 0 Å². The highest BCUT2D eigenvalue weighted by molar-refractivity contribution is 7.74. The van der Waals surface area contributed by atoms with E-state index in [1.54, 1.807) is 0 Å². The molecule has 9 heavy (non-hydrogen) atoms. The highest BCUT2D eigenvalue weighted by atomic mass is 31.2. The average Bonchev–Trinajstić information content (AvgIpc) is 1.86. The zero-order valence-corrected chi connectivity index (χ0v) is 8.04. The van der Waals surface area contributed by atoms with Gasteiger partial charge in [0.2, 0.25) is 0 Å². The first-order valence-corrected chi connectivity index (χ1v) is 6.19. The van der Waals surface area contributed by atoms with Crippen LogP contribution in [0.25, 0.3) is 0 Å². The highest BCUT2D eigenvalue weighted by Gasteiger charge is 2.12. The van der Waals surface area contributed by atoms with Crippen LogP contribution < -0.4 is 0 Å². The van der Waals surface area contributed by atoms with E-state index >= 15 is 0 Å². The molecule has 0 fully saturated rings. The van der Waals surface area contributed by atoms with E-state index in [0.717, 1.165) is 5.66 Å². The van der Waals surface area contributed by atoms with Crippen LogP contribution >= 0.6 is 6.89 Å². The van der Waals surface area contributed by atoms with Crippen LogP contribution in [-0.4, -0.2) is 24.3 Å². The summed E-state index contributed by atoms with van der Waals surface area (Å²) in [7, 11) is 0. The first-order valence-electron chi connectivity index (χ1n) is 3.78. The van der Waals surface area contributed by atoms with Crippen LogP contribution in [0.1, 0.15) is 27.7 Å². The van der Waals surface area contributed by atoms with Gasteiger partial charge in [-0.15, -0.1) is 13.2 Å².